The molecule has 1 aliphatic rings. The number of carbonyl (C=O) groups excluding carboxylic acids is 1. The molecule has 0 radical (unpaired) electrons. The van der Waals surface area contributed by atoms with Crippen molar-refractivity contribution >= 4 is 17.5 Å². The Morgan fingerprint density at radius 1 is 1.50 bits per heavy atom. The predicted molar refractivity (Wildman–Crippen MR) is 65.5 cm³/mol. The highest BCUT2D eigenvalue weighted by Gasteiger charge is 2.21. The fourth-order valence-electron chi connectivity index (χ4n) is 2.12. The minimum atomic E-state index is 0.244. The Bertz CT molecular complexity index is 403. The molecule has 0 atom stereocenters. The number of hydrogen-bond acceptors (Lipinski definition) is 1. The number of nitrogens with zero attached hydrogens (tertiary/aromatic N) is 1. The SMILES string of the molecule is CCCC(=O)N1CCc2cccc(Cl)c2C1. The summed E-state index contributed by atoms with van der Waals surface area (Å²) in [6, 6.07) is 5.97. The number of hydrogen-bond donors (Lipinski definition) is 0. The number of halogens is 1. The van der Waals surface area contributed by atoms with E-state index in [0.717, 1.165) is 30.0 Å². The lowest BCUT2D eigenvalue weighted by Gasteiger charge is -2.29. The van der Waals surface area contributed by atoms with E-state index in [1.165, 1.54) is 5.56 Å². The van der Waals surface area contributed by atoms with E-state index in [1.54, 1.807) is 0 Å². The monoisotopic (exact) mass is 237 g/mol. The Morgan fingerprint density at radius 3 is 3.06 bits per heavy atom. The lowest BCUT2D eigenvalue weighted by molar-refractivity contribution is -0.132. The van der Waals surface area contributed by atoms with Crippen LogP contribution in [0.2, 0.25) is 5.02 Å². The highest BCUT2D eigenvalue weighted by Crippen LogP contribution is 2.26. The molecular formula is C13H16ClNO. The second-order valence-corrected chi connectivity index (χ2v) is 4.60. The van der Waals surface area contributed by atoms with Crippen LogP contribution in [0.15, 0.2) is 18.2 Å². The predicted octanol–water partition coefficient (Wildman–Crippen LogP) is 3.02. The van der Waals surface area contributed by atoms with E-state index in [-0.39, 0.29) is 5.91 Å². The van der Waals surface area contributed by atoms with Gasteiger partial charge in [-0.25, -0.2) is 0 Å². The first-order valence-corrected chi connectivity index (χ1v) is 6.14. The van der Waals surface area contributed by atoms with E-state index in [2.05, 4.69) is 6.07 Å². The minimum absolute atomic E-state index is 0.244. The third kappa shape index (κ3) is 2.22. The third-order valence-corrected chi connectivity index (χ3v) is 3.39. The van der Waals surface area contributed by atoms with Gasteiger partial charge < -0.3 is 4.90 Å². The fourth-order valence-corrected chi connectivity index (χ4v) is 2.38. The van der Waals surface area contributed by atoms with Crippen molar-refractivity contribution in [3.05, 3.63) is 34.3 Å². The van der Waals surface area contributed by atoms with Gasteiger partial charge in [0.2, 0.25) is 5.91 Å². The van der Waals surface area contributed by atoms with Gasteiger partial charge >= 0.3 is 0 Å². The summed E-state index contributed by atoms with van der Waals surface area (Å²) in [6.07, 6.45) is 2.47. The van der Waals surface area contributed by atoms with Gasteiger partial charge in [-0.1, -0.05) is 30.7 Å². The number of carbonyl (C=O) groups is 1. The number of rotatable bonds is 2. The molecule has 2 rings (SSSR count). The number of amides is 1. The van der Waals surface area contributed by atoms with Crippen molar-refractivity contribution < 1.29 is 4.79 Å². The highest BCUT2D eigenvalue weighted by atomic mass is 35.5. The first kappa shape index (κ1) is 11.5. The zero-order valence-electron chi connectivity index (χ0n) is 9.50. The van der Waals surface area contributed by atoms with Crippen LogP contribution < -0.4 is 0 Å². The zero-order valence-corrected chi connectivity index (χ0v) is 10.3. The lowest BCUT2D eigenvalue weighted by atomic mass is 9.99. The normalized spacial score (nSPS) is 14.8. The van der Waals surface area contributed by atoms with Crippen molar-refractivity contribution in [3.63, 3.8) is 0 Å². The summed E-state index contributed by atoms with van der Waals surface area (Å²) in [6.45, 7) is 3.53. The summed E-state index contributed by atoms with van der Waals surface area (Å²) in [7, 11) is 0. The second-order valence-electron chi connectivity index (χ2n) is 4.19. The topological polar surface area (TPSA) is 20.3 Å². The standard InChI is InChI=1S/C13H16ClNO/c1-2-4-13(16)15-8-7-10-5-3-6-12(14)11(10)9-15/h3,5-6H,2,4,7-9H2,1H3. The molecule has 1 aromatic carbocycles. The molecule has 1 aliphatic heterocycles. The van der Waals surface area contributed by atoms with Crippen LogP contribution in [0.25, 0.3) is 0 Å². The van der Waals surface area contributed by atoms with Gasteiger partial charge in [-0.15, -0.1) is 0 Å². The van der Waals surface area contributed by atoms with Crippen molar-refractivity contribution in [1.29, 1.82) is 0 Å². The van der Waals surface area contributed by atoms with Gasteiger partial charge in [0, 0.05) is 24.5 Å². The molecule has 1 amide bonds. The molecule has 1 aromatic rings. The molecule has 0 spiro atoms. The number of benzene rings is 1. The smallest absolute Gasteiger partial charge is 0.222 e. The van der Waals surface area contributed by atoms with Crippen molar-refractivity contribution in [1.82, 2.24) is 4.90 Å². The van der Waals surface area contributed by atoms with E-state index in [0.29, 0.717) is 13.0 Å². The van der Waals surface area contributed by atoms with Gasteiger partial charge in [0.15, 0.2) is 0 Å². The van der Waals surface area contributed by atoms with E-state index in [4.69, 9.17) is 11.6 Å². The van der Waals surface area contributed by atoms with Crippen molar-refractivity contribution in [2.75, 3.05) is 6.54 Å². The van der Waals surface area contributed by atoms with Crippen LogP contribution in [-0.2, 0) is 17.8 Å². The molecule has 16 heavy (non-hydrogen) atoms. The van der Waals surface area contributed by atoms with Crippen LogP contribution in [-0.4, -0.2) is 17.4 Å². The Kier molecular flexibility index (Phi) is 3.49. The van der Waals surface area contributed by atoms with E-state index in [1.807, 2.05) is 24.0 Å². The van der Waals surface area contributed by atoms with E-state index < -0.39 is 0 Å². The Balaban J connectivity index is 2.17. The third-order valence-electron chi connectivity index (χ3n) is 3.03. The maximum Gasteiger partial charge on any atom is 0.222 e. The van der Waals surface area contributed by atoms with Crippen LogP contribution in [0.3, 0.4) is 0 Å². The van der Waals surface area contributed by atoms with E-state index >= 15 is 0 Å². The quantitative estimate of drug-likeness (QED) is 0.774. The molecule has 0 N–H and O–H groups in total. The minimum Gasteiger partial charge on any atom is -0.338 e. The van der Waals surface area contributed by atoms with Crippen molar-refractivity contribution in [2.45, 2.75) is 32.7 Å². The summed E-state index contributed by atoms with van der Waals surface area (Å²) in [4.78, 5) is 13.7. The molecule has 0 aliphatic carbocycles. The average Bonchev–Trinajstić information content (AvgIpc) is 2.29. The van der Waals surface area contributed by atoms with Crippen LogP contribution >= 0.6 is 11.6 Å². The zero-order chi connectivity index (χ0) is 11.5. The lowest BCUT2D eigenvalue weighted by Crippen LogP contribution is -2.35. The summed E-state index contributed by atoms with van der Waals surface area (Å²) < 4.78 is 0. The average molecular weight is 238 g/mol. The molecule has 0 fully saturated rings. The van der Waals surface area contributed by atoms with Crippen molar-refractivity contribution in [2.24, 2.45) is 0 Å². The van der Waals surface area contributed by atoms with Gasteiger partial charge in [0.05, 0.1) is 0 Å². The molecule has 0 saturated heterocycles. The van der Waals surface area contributed by atoms with Crippen LogP contribution in [0, 0.1) is 0 Å². The molecule has 0 saturated carbocycles. The maximum absolute atomic E-state index is 11.8. The van der Waals surface area contributed by atoms with Gasteiger partial charge in [-0.05, 0) is 30.0 Å². The second kappa shape index (κ2) is 4.88. The van der Waals surface area contributed by atoms with Crippen LogP contribution in [0.1, 0.15) is 30.9 Å². The first-order chi connectivity index (χ1) is 7.72. The first-order valence-electron chi connectivity index (χ1n) is 5.76. The highest BCUT2D eigenvalue weighted by molar-refractivity contribution is 6.31. The molecular weight excluding hydrogens is 222 g/mol. The van der Waals surface area contributed by atoms with Crippen LogP contribution in [0.5, 0.6) is 0 Å². The van der Waals surface area contributed by atoms with Gasteiger partial charge in [-0.2, -0.15) is 0 Å². The Hall–Kier alpha value is -1.02. The Labute approximate surface area is 101 Å². The molecule has 1 heterocycles. The molecule has 0 bridgehead atoms. The van der Waals surface area contributed by atoms with Crippen molar-refractivity contribution in [3.8, 4) is 0 Å². The van der Waals surface area contributed by atoms with Gasteiger partial charge in [-0.3, -0.25) is 4.79 Å². The molecule has 3 heteroatoms. The summed E-state index contributed by atoms with van der Waals surface area (Å²) >= 11 is 6.15. The molecule has 0 unspecified atom stereocenters. The maximum atomic E-state index is 11.8. The molecule has 2 nitrogen and oxygen atoms in total. The Morgan fingerprint density at radius 2 is 2.31 bits per heavy atom. The molecule has 86 valence electrons. The summed E-state index contributed by atoms with van der Waals surface area (Å²) in [5, 5.41) is 0.784. The van der Waals surface area contributed by atoms with Gasteiger partial charge in [0.25, 0.3) is 0 Å². The van der Waals surface area contributed by atoms with Crippen LogP contribution in [0.4, 0.5) is 0 Å². The summed E-state index contributed by atoms with van der Waals surface area (Å²) in [5.74, 6) is 0.244. The molecule has 0 aromatic heterocycles. The summed E-state index contributed by atoms with van der Waals surface area (Å²) in [5.41, 5.74) is 2.41. The van der Waals surface area contributed by atoms with E-state index in [9.17, 15) is 4.79 Å². The van der Waals surface area contributed by atoms with Gasteiger partial charge in [0.1, 0.15) is 0 Å². The largest absolute Gasteiger partial charge is 0.338 e. The fraction of sp³-hybridized carbons (Fsp3) is 0.462. The number of fused-ring (bicyclic) bond motifs is 1.